The summed E-state index contributed by atoms with van der Waals surface area (Å²) in [6, 6.07) is 90.3. The molecule has 16 heteroatoms. The summed E-state index contributed by atoms with van der Waals surface area (Å²) in [5.74, 6) is 0. The summed E-state index contributed by atoms with van der Waals surface area (Å²) in [6.07, 6.45) is 22.8. The molecule has 4 aliphatic carbocycles. The van der Waals surface area contributed by atoms with E-state index in [2.05, 4.69) is 443 Å². The van der Waals surface area contributed by atoms with E-state index in [4.69, 9.17) is 18.6 Å². The van der Waals surface area contributed by atoms with Crippen LogP contribution in [0.5, 0.6) is 0 Å². The molecular formula is C129H120B2BrN9O4. The van der Waals surface area contributed by atoms with Gasteiger partial charge in [0.2, 0.25) is 0 Å². The highest BCUT2D eigenvalue weighted by Gasteiger charge is 2.59. The Bertz CT molecular complexity index is 8250. The fourth-order valence-electron chi connectivity index (χ4n) is 23.9. The van der Waals surface area contributed by atoms with Crippen molar-refractivity contribution >= 4 is 107 Å². The molecule has 0 atom stereocenters. The minimum Gasteiger partial charge on any atom is -0.399 e. The minimum atomic E-state index is -0.582. The molecular weight excluding hydrogens is 1840 g/mol. The van der Waals surface area contributed by atoms with E-state index < -0.39 is 47.5 Å². The molecule has 6 aliphatic rings. The summed E-state index contributed by atoms with van der Waals surface area (Å²) in [5, 5.41) is 6.65. The van der Waals surface area contributed by atoms with Crippen LogP contribution in [-0.2, 0) is 51.1 Å². The van der Waals surface area contributed by atoms with Crippen LogP contribution < -0.4 is 10.9 Å². The number of halogens is 1. The number of hydrogen-bond acceptors (Lipinski definition) is 10. The molecule has 13 nitrogen and oxygen atoms in total. The normalized spacial score (nSPS) is 16.1. The van der Waals surface area contributed by atoms with Crippen LogP contribution in [-0.4, -0.2) is 80.2 Å². The van der Waals surface area contributed by atoms with Crippen molar-refractivity contribution in [3.8, 4) is 83.8 Å². The van der Waals surface area contributed by atoms with Crippen molar-refractivity contribution in [1.82, 2.24) is 43.6 Å². The predicted octanol–water partition coefficient (Wildman–Crippen LogP) is 30.2. The van der Waals surface area contributed by atoms with Gasteiger partial charge in [0.15, 0.2) is 0 Å². The van der Waals surface area contributed by atoms with Crippen LogP contribution in [0, 0.1) is 20.8 Å². The van der Waals surface area contributed by atoms with Crippen molar-refractivity contribution in [3.05, 3.63) is 399 Å². The molecule has 145 heavy (non-hydrogen) atoms. The Morgan fingerprint density at radius 2 is 0.462 bits per heavy atom. The molecule has 9 aromatic heterocycles. The SMILES string of the molecule is CC(C)(C)c1ccc2c(c1)C1(c3cc(B4OC(C)(C)C(C)(C)O4)ccc3-c3ccc(B4OC(C)(C)C(C)(C)O4)cc31)c1cc(C(C)(C)C)ccc1-2.Cc1cc(-n2c3ccncc3c3cnccc32)ccc1-c1ccc2c(c1)C1(c3cc(-c4ccc(-n5c6ccncc6c6cnccc65)cc4C)ccc3-2)c2cc(C(C)(C)C)ccc2-c2ccc(C(C)(C)C)cc21.Cc1cc(-n2c3ccncc3c3cnccc32)ccc1Br. The molecule has 2 fully saturated rings. The monoisotopic (exact) mass is 1960 g/mol. The van der Waals surface area contributed by atoms with Gasteiger partial charge in [-0.1, -0.05) is 245 Å². The molecule has 0 radical (unpaired) electrons. The van der Waals surface area contributed by atoms with Crippen molar-refractivity contribution in [1.29, 1.82) is 0 Å². The standard InChI is InChI=1S/C67H54N6.C45H54B2O4.C17H12BrN3/c1-39-29-45(72-61-21-25-68-35-53(61)54-36-69-26-22-62(54)72)13-19-47(39)41-9-15-49-50-16-10-42(48-20-14-46(30-40(48)2)73-63-23-27-70-37-55(63)56-38-71-28-24-64(56)73)32-58(50)67(57(49)31-41)59-33-43(65(3,4)5)11-17-51(59)52-18-12-44(34-60(52)67)66(6,7)8;1-39(2,3)27-15-19-31-32-20-16-28(40(4,5)6)24-36(32)45(35(31)23-27)37-25-29(46-48-41(7,8)42(9,10)49-46)17-21-33(37)34-22-18-30(26-38(34)45)47-50-43(11,12)44(13,14)51-47;1-11-8-12(2-3-15(11)18)21-16-4-6-19-9-13(16)14-10-20-7-5-17(14)21/h9-38H,1-8H3;15-26H,1-14H3;2-10H,1H3. The maximum Gasteiger partial charge on any atom is 0.494 e. The second-order valence-electron chi connectivity index (χ2n) is 47.1. The number of rotatable bonds is 7. The van der Waals surface area contributed by atoms with Gasteiger partial charge in [-0.25, -0.2) is 0 Å². The van der Waals surface area contributed by atoms with Crippen molar-refractivity contribution in [2.75, 3.05) is 0 Å². The molecule has 0 bridgehead atoms. The summed E-state index contributed by atoms with van der Waals surface area (Å²) in [5.41, 5.74) is 43.8. The highest BCUT2D eigenvalue weighted by atomic mass is 79.9. The molecule has 2 aliphatic heterocycles. The lowest BCUT2D eigenvalue weighted by atomic mass is 9.66. The molecule has 2 saturated heterocycles. The molecule has 11 aromatic carbocycles. The van der Waals surface area contributed by atoms with Crippen LogP contribution in [0.15, 0.2) is 315 Å². The Hall–Kier alpha value is -13.8. The summed E-state index contributed by atoms with van der Waals surface area (Å²) in [7, 11) is -0.938. The molecule has 718 valence electrons. The predicted molar refractivity (Wildman–Crippen MR) is 601 cm³/mol. The number of fused-ring (bicyclic) bond motifs is 29. The Balaban J connectivity index is 0.000000135. The summed E-state index contributed by atoms with van der Waals surface area (Å²) >= 11 is 3.56. The van der Waals surface area contributed by atoms with Crippen molar-refractivity contribution < 1.29 is 18.6 Å². The van der Waals surface area contributed by atoms with Gasteiger partial charge < -0.3 is 32.3 Å². The number of hydrogen-bond donors (Lipinski definition) is 0. The molecule has 26 rings (SSSR count). The Kier molecular flexibility index (Phi) is 21.2. The van der Waals surface area contributed by atoms with Gasteiger partial charge in [-0.2, -0.15) is 0 Å². The lowest BCUT2D eigenvalue weighted by molar-refractivity contribution is 0.00578. The fraction of sp³-hybridized carbons (Fsp3) is 0.256. The molecule has 20 aromatic rings. The van der Waals surface area contributed by atoms with Gasteiger partial charge in [-0.15, -0.1) is 0 Å². The fourth-order valence-corrected chi connectivity index (χ4v) is 24.1. The first-order valence-electron chi connectivity index (χ1n) is 51.0. The average Bonchev–Trinajstić information content (AvgIpc) is 1.50. The van der Waals surface area contributed by atoms with Gasteiger partial charge in [0.25, 0.3) is 0 Å². The lowest BCUT2D eigenvalue weighted by Crippen LogP contribution is -2.41. The first-order valence-corrected chi connectivity index (χ1v) is 51.8. The topological polar surface area (TPSA) is 129 Å². The van der Waals surface area contributed by atoms with Crippen LogP contribution in [0.2, 0.25) is 0 Å². The van der Waals surface area contributed by atoms with Crippen molar-refractivity contribution in [3.63, 3.8) is 0 Å². The maximum absolute atomic E-state index is 6.67. The molecule has 0 saturated carbocycles. The van der Waals surface area contributed by atoms with Gasteiger partial charge in [-0.05, 0) is 350 Å². The highest BCUT2D eigenvalue weighted by molar-refractivity contribution is 9.10. The third-order valence-electron chi connectivity index (χ3n) is 33.2. The van der Waals surface area contributed by atoms with Gasteiger partial charge in [0.05, 0.1) is 66.3 Å². The quantitative estimate of drug-likeness (QED) is 0.142. The van der Waals surface area contributed by atoms with Crippen LogP contribution in [0.3, 0.4) is 0 Å². The number of aryl methyl sites for hydroxylation is 3. The van der Waals surface area contributed by atoms with Gasteiger partial charge >= 0.3 is 14.2 Å². The van der Waals surface area contributed by atoms with Crippen molar-refractivity contribution in [2.45, 2.75) is 214 Å². The molecule has 0 N–H and O–H groups in total. The van der Waals surface area contributed by atoms with E-state index in [0.717, 1.165) is 97.9 Å². The second kappa shape index (κ2) is 32.8. The zero-order chi connectivity index (χ0) is 101. The summed E-state index contributed by atoms with van der Waals surface area (Å²) in [6.45, 7) is 51.5. The smallest absolute Gasteiger partial charge is 0.399 e. The average molecular weight is 1960 g/mol. The molecule has 0 amide bonds. The Morgan fingerprint density at radius 3 is 0.710 bits per heavy atom. The number of pyridine rings is 6. The van der Waals surface area contributed by atoms with Gasteiger partial charge in [-0.3, -0.25) is 29.9 Å². The third-order valence-corrected chi connectivity index (χ3v) is 34.1. The third kappa shape index (κ3) is 14.4. The van der Waals surface area contributed by atoms with E-state index in [1.807, 2.05) is 86.5 Å². The molecule has 2 spiro atoms. The van der Waals surface area contributed by atoms with Crippen LogP contribution in [0.25, 0.3) is 149 Å². The zero-order valence-electron chi connectivity index (χ0n) is 87.1. The first-order chi connectivity index (χ1) is 69.0. The van der Waals surface area contributed by atoms with E-state index in [-0.39, 0.29) is 21.7 Å². The Morgan fingerprint density at radius 1 is 0.241 bits per heavy atom. The van der Waals surface area contributed by atoms with E-state index >= 15 is 0 Å². The number of nitrogens with zero attached hydrogens (tertiary/aromatic N) is 9. The highest BCUT2D eigenvalue weighted by Crippen LogP contribution is 2.67. The molecule has 11 heterocycles. The van der Waals surface area contributed by atoms with E-state index in [9.17, 15) is 0 Å². The van der Waals surface area contributed by atoms with Crippen molar-refractivity contribution in [2.24, 2.45) is 0 Å². The maximum atomic E-state index is 6.67. The van der Waals surface area contributed by atoms with E-state index in [1.54, 1.807) is 0 Å². The van der Waals surface area contributed by atoms with Gasteiger partial charge in [0.1, 0.15) is 0 Å². The van der Waals surface area contributed by atoms with Crippen LogP contribution >= 0.6 is 15.9 Å². The van der Waals surface area contributed by atoms with Crippen LogP contribution in [0.1, 0.15) is 222 Å². The zero-order valence-corrected chi connectivity index (χ0v) is 88.7. The lowest BCUT2D eigenvalue weighted by Gasteiger charge is -2.33. The van der Waals surface area contributed by atoms with Gasteiger partial charge in [0, 0.05) is 128 Å². The number of aromatic nitrogens is 9. The summed E-state index contributed by atoms with van der Waals surface area (Å²) in [4.78, 5) is 26.4. The first kappa shape index (κ1) is 93.5. The molecule has 0 unspecified atom stereocenters. The summed E-state index contributed by atoms with van der Waals surface area (Å²) < 4.78 is 34.8. The second-order valence-corrected chi connectivity index (χ2v) is 48.0. The van der Waals surface area contributed by atoms with E-state index in [0.29, 0.717) is 0 Å². The Labute approximate surface area is 859 Å². The van der Waals surface area contributed by atoms with E-state index in [1.165, 1.54) is 150 Å². The largest absolute Gasteiger partial charge is 0.494 e. The number of benzene rings is 11. The van der Waals surface area contributed by atoms with Crippen LogP contribution in [0.4, 0.5) is 0 Å². The minimum absolute atomic E-state index is 0.0269.